The number of nitrogens with zero attached hydrogens (tertiary/aromatic N) is 1. The van der Waals surface area contributed by atoms with Crippen molar-refractivity contribution in [3.05, 3.63) is 117 Å². The third kappa shape index (κ3) is 7.90. The van der Waals surface area contributed by atoms with Gasteiger partial charge in [-0.05, 0) is 64.1 Å². The number of nitro benzene ring substituents is 1. The molecule has 0 radical (unpaired) electrons. The summed E-state index contributed by atoms with van der Waals surface area (Å²) >= 11 is 0. The third-order valence-corrected chi connectivity index (χ3v) is 7.33. The van der Waals surface area contributed by atoms with Crippen LogP contribution in [0.2, 0.25) is 0 Å². The number of para-hydroxylation sites is 6. The van der Waals surface area contributed by atoms with Gasteiger partial charge in [-0.3, -0.25) is 10.1 Å². The zero-order valence-electron chi connectivity index (χ0n) is 26.2. The second-order valence-corrected chi connectivity index (χ2v) is 11.9. The van der Waals surface area contributed by atoms with Crippen molar-refractivity contribution in [2.24, 2.45) is 0 Å². The summed E-state index contributed by atoms with van der Waals surface area (Å²) in [7, 11) is 0. The molecule has 0 heterocycles. The molecule has 0 atom stereocenters. The fraction of sp³-hybridized carbons (Fsp3) is 0.333. The van der Waals surface area contributed by atoms with E-state index in [2.05, 4.69) is 102 Å². The molecule has 222 valence electrons. The molecule has 0 fully saturated rings. The third-order valence-electron chi connectivity index (χ3n) is 7.33. The highest BCUT2D eigenvalue weighted by Crippen LogP contribution is 2.37. The van der Waals surface area contributed by atoms with Crippen molar-refractivity contribution in [1.82, 2.24) is 0 Å². The molecule has 4 aromatic carbocycles. The summed E-state index contributed by atoms with van der Waals surface area (Å²) in [4.78, 5) is 10.9. The van der Waals surface area contributed by atoms with Gasteiger partial charge >= 0.3 is 0 Å². The quantitative estimate of drug-likeness (QED) is 0.106. The van der Waals surface area contributed by atoms with Gasteiger partial charge in [0.05, 0.1) is 16.3 Å². The van der Waals surface area contributed by atoms with E-state index in [0.29, 0.717) is 29.4 Å². The lowest BCUT2D eigenvalue weighted by molar-refractivity contribution is -0.383. The first-order valence-corrected chi connectivity index (χ1v) is 14.8. The van der Waals surface area contributed by atoms with E-state index in [0.717, 1.165) is 17.1 Å². The summed E-state index contributed by atoms with van der Waals surface area (Å²) < 4.78 is 0. The smallest absolute Gasteiger partial charge is 0.292 e. The lowest BCUT2D eigenvalue weighted by Crippen LogP contribution is -2.05. The van der Waals surface area contributed by atoms with Crippen LogP contribution in [0.5, 0.6) is 0 Å². The average molecular weight is 567 g/mol. The molecule has 4 N–H and O–H groups in total. The maximum atomic E-state index is 11.2. The fourth-order valence-corrected chi connectivity index (χ4v) is 5.01. The summed E-state index contributed by atoms with van der Waals surface area (Å²) in [5.41, 5.74) is 15.6. The second-order valence-electron chi connectivity index (χ2n) is 11.9. The van der Waals surface area contributed by atoms with Crippen LogP contribution < -0.4 is 16.4 Å². The predicted octanol–water partition coefficient (Wildman–Crippen LogP) is 10.8. The molecule has 0 amide bonds. The monoisotopic (exact) mass is 566 g/mol. The number of anilines is 5. The minimum Gasteiger partial charge on any atom is -0.397 e. The van der Waals surface area contributed by atoms with Crippen molar-refractivity contribution in [1.29, 1.82) is 0 Å². The maximum Gasteiger partial charge on any atom is 0.292 e. The minimum atomic E-state index is -0.352. The Morgan fingerprint density at radius 1 is 0.548 bits per heavy atom. The maximum absolute atomic E-state index is 11.2. The number of rotatable bonds is 9. The Bertz CT molecular complexity index is 1440. The standard InChI is InChI=1S/C18H22N2O2.C18H24N2/c1-12(2)14-8-7-9-15(13(3)4)18(14)19-16-10-5-6-11-17(16)20(21)22;1-12(2)14-8-7-9-15(13(3)4)18(14)20-17-11-6-5-10-16(17)19/h5-13,19H,1-4H3;5-13,20H,19H2,1-4H3. The minimum absolute atomic E-state index is 0.0933. The predicted molar refractivity (Wildman–Crippen MR) is 180 cm³/mol. The molecule has 0 aromatic heterocycles. The van der Waals surface area contributed by atoms with Crippen molar-refractivity contribution in [3.8, 4) is 0 Å². The topological polar surface area (TPSA) is 93.2 Å². The van der Waals surface area contributed by atoms with Gasteiger partial charge in [-0.25, -0.2) is 0 Å². The van der Waals surface area contributed by atoms with Gasteiger partial charge in [0, 0.05) is 17.4 Å². The Labute approximate surface area is 251 Å². The largest absolute Gasteiger partial charge is 0.397 e. The SMILES string of the molecule is CC(C)c1cccc(C(C)C)c1Nc1ccccc1N.CC(C)c1cccc(C(C)C)c1Nc1ccccc1[N+](=O)[O-]. The van der Waals surface area contributed by atoms with Gasteiger partial charge in [-0.15, -0.1) is 0 Å². The first-order chi connectivity index (χ1) is 19.9. The first-order valence-electron chi connectivity index (χ1n) is 14.8. The molecule has 0 saturated heterocycles. The number of hydrogen-bond donors (Lipinski definition) is 3. The normalized spacial score (nSPS) is 11.0. The molecule has 0 aliphatic carbocycles. The van der Waals surface area contributed by atoms with Gasteiger partial charge in [-0.2, -0.15) is 0 Å². The highest BCUT2D eigenvalue weighted by molar-refractivity contribution is 5.76. The van der Waals surface area contributed by atoms with E-state index < -0.39 is 0 Å². The number of hydrogen-bond acceptors (Lipinski definition) is 5. The van der Waals surface area contributed by atoms with Crippen molar-refractivity contribution in [2.45, 2.75) is 79.1 Å². The van der Waals surface area contributed by atoms with Crippen LogP contribution >= 0.6 is 0 Å². The van der Waals surface area contributed by atoms with Crippen molar-refractivity contribution in [3.63, 3.8) is 0 Å². The summed E-state index contributed by atoms with van der Waals surface area (Å²) in [5.74, 6) is 1.62. The van der Waals surface area contributed by atoms with Gasteiger partial charge in [0.15, 0.2) is 0 Å². The summed E-state index contributed by atoms with van der Waals surface area (Å²) in [5, 5.41) is 18.1. The molecular weight excluding hydrogens is 520 g/mol. The van der Waals surface area contributed by atoms with Gasteiger partial charge in [0.1, 0.15) is 5.69 Å². The van der Waals surface area contributed by atoms with E-state index in [1.165, 1.54) is 34.0 Å². The number of nitrogens with two attached hydrogens (primary N) is 1. The molecule has 6 nitrogen and oxygen atoms in total. The van der Waals surface area contributed by atoms with Crippen molar-refractivity contribution < 1.29 is 4.92 Å². The number of nitrogens with one attached hydrogen (secondary N) is 2. The van der Waals surface area contributed by atoms with E-state index in [1.807, 2.05) is 30.3 Å². The molecule has 4 aromatic rings. The lowest BCUT2D eigenvalue weighted by atomic mass is 9.92. The Balaban J connectivity index is 0.000000231. The average Bonchev–Trinajstić information content (AvgIpc) is 2.94. The summed E-state index contributed by atoms with van der Waals surface area (Å²) in [6.07, 6.45) is 0. The van der Waals surface area contributed by atoms with Crippen molar-refractivity contribution >= 4 is 34.1 Å². The van der Waals surface area contributed by atoms with Crippen LogP contribution in [0.1, 0.15) is 101 Å². The Hall–Kier alpha value is -4.32. The van der Waals surface area contributed by atoms with Crippen molar-refractivity contribution in [2.75, 3.05) is 16.4 Å². The van der Waals surface area contributed by atoms with E-state index in [1.54, 1.807) is 12.1 Å². The first kappa shape index (κ1) is 32.2. The molecule has 0 aliphatic rings. The molecule has 0 unspecified atom stereocenters. The number of nitrogen functional groups attached to an aromatic ring is 1. The Morgan fingerprint density at radius 2 is 0.905 bits per heavy atom. The fourth-order valence-electron chi connectivity index (χ4n) is 5.01. The number of benzene rings is 4. The molecule has 0 spiro atoms. The van der Waals surface area contributed by atoms with Gasteiger partial charge < -0.3 is 16.4 Å². The van der Waals surface area contributed by atoms with Crippen LogP contribution in [0.15, 0.2) is 84.9 Å². The summed E-state index contributed by atoms with van der Waals surface area (Å²) in [6.45, 7) is 17.4. The lowest BCUT2D eigenvalue weighted by Gasteiger charge is -2.21. The van der Waals surface area contributed by atoms with Crippen LogP contribution in [0.4, 0.5) is 34.1 Å². The van der Waals surface area contributed by atoms with E-state index in [9.17, 15) is 10.1 Å². The summed E-state index contributed by atoms with van der Waals surface area (Å²) in [6, 6.07) is 27.4. The van der Waals surface area contributed by atoms with Crippen LogP contribution in [-0.2, 0) is 0 Å². The molecular formula is C36H46N4O2. The second kappa shape index (κ2) is 14.5. The molecule has 0 bridgehead atoms. The van der Waals surface area contributed by atoms with Gasteiger partial charge in [-0.1, -0.05) is 116 Å². The molecule has 6 heteroatoms. The Kier molecular flexibility index (Phi) is 11.1. The van der Waals surface area contributed by atoms with Gasteiger partial charge in [0.25, 0.3) is 5.69 Å². The number of nitro groups is 1. The highest BCUT2D eigenvalue weighted by atomic mass is 16.6. The molecule has 0 aliphatic heterocycles. The van der Waals surface area contributed by atoms with Crippen LogP contribution in [0, 0.1) is 10.1 Å². The molecule has 4 rings (SSSR count). The zero-order valence-corrected chi connectivity index (χ0v) is 26.2. The van der Waals surface area contributed by atoms with Crippen LogP contribution in [-0.4, -0.2) is 4.92 Å². The van der Waals surface area contributed by atoms with E-state index >= 15 is 0 Å². The highest BCUT2D eigenvalue weighted by Gasteiger charge is 2.18. The molecule has 0 saturated carbocycles. The van der Waals surface area contributed by atoms with Gasteiger partial charge in [0.2, 0.25) is 0 Å². The van der Waals surface area contributed by atoms with Crippen LogP contribution in [0.3, 0.4) is 0 Å². The van der Waals surface area contributed by atoms with E-state index in [4.69, 9.17) is 5.73 Å². The molecule has 42 heavy (non-hydrogen) atoms. The Morgan fingerprint density at radius 3 is 1.29 bits per heavy atom. The van der Waals surface area contributed by atoms with E-state index in [-0.39, 0.29) is 10.6 Å². The zero-order chi connectivity index (χ0) is 31.0. The van der Waals surface area contributed by atoms with Crippen LogP contribution in [0.25, 0.3) is 0 Å².